The Bertz CT molecular complexity index is 293. The standard InChI is InChI=1S/C16H33.C3H4O4.Li.2Na/c1-5-8-10-12-13-15(4)16(7-3)14-11-9-6-2;4-2(5)1-3(6)7;;;/h16H,5-14H2,1-4H3;1H2,(H,4,5)(H,6,7);;;/q-1;;3*+1/p-2. The van der Waals surface area contributed by atoms with Crippen molar-refractivity contribution in [3.05, 3.63) is 5.92 Å². The summed E-state index contributed by atoms with van der Waals surface area (Å²) in [7, 11) is 0. The van der Waals surface area contributed by atoms with Crippen molar-refractivity contribution in [1.29, 1.82) is 0 Å². The van der Waals surface area contributed by atoms with Gasteiger partial charge in [0.05, 0.1) is 0 Å². The molecular formula is C19H35LiNa2O4. The van der Waals surface area contributed by atoms with Crippen LogP contribution < -0.4 is 88.2 Å². The molecule has 0 spiro atoms. The van der Waals surface area contributed by atoms with Gasteiger partial charge < -0.3 is 25.7 Å². The van der Waals surface area contributed by atoms with E-state index in [0.29, 0.717) is 0 Å². The number of aliphatic carboxylic acids is 2. The van der Waals surface area contributed by atoms with Gasteiger partial charge in [0.1, 0.15) is 0 Å². The zero-order chi connectivity index (χ0) is 18.1. The third-order valence-corrected chi connectivity index (χ3v) is 4.06. The number of rotatable bonds is 13. The first kappa shape index (κ1) is 38.2. The Morgan fingerprint density at radius 1 is 0.846 bits per heavy atom. The van der Waals surface area contributed by atoms with E-state index in [9.17, 15) is 19.8 Å². The molecule has 0 N–H and O–H groups in total. The summed E-state index contributed by atoms with van der Waals surface area (Å²) in [4.78, 5) is 18.6. The fourth-order valence-corrected chi connectivity index (χ4v) is 2.59. The summed E-state index contributed by atoms with van der Waals surface area (Å²) in [5, 5.41) is 18.6. The SMILES string of the molecule is CCCCCC[C-](C)C(CC)CCCCC.O=C([O-])CC(=O)[O-].[Li+].[Na+].[Na+]. The van der Waals surface area contributed by atoms with Gasteiger partial charge in [0.15, 0.2) is 0 Å². The van der Waals surface area contributed by atoms with Crippen molar-refractivity contribution in [1.82, 2.24) is 0 Å². The van der Waals surface area contributed by atoms with E-state index in [1.165, 1.54) is 64.2 Å². The van der Waals surface area contributed by atoms with Crippen molar-refractivity contribution in [2.24, 2.45) is 5.92 Å². The molecule has 0 aliphatic rings. The minimum atomic E-state index is -1.63. The summed E-state index contributed by atoms with van der Waals surface area (Å²) < 4.78 is 0. The molecule has 4 nitrogen and oxygen atoms in total. The summed E-state index contributed by atoms with van der Waals surface area (Å²) in [6, 6.07) is 0. The molecule has 0 aromatic heterocycles. The molecule has 0 saturated heterocycles. The summed E-state index contributed by atoms with van der Waals surface area (Å²) in [6.45, 7) is 9.33. The molecule has 0 saturated carbocycles. The van der Waals surface area contributed by atoms with Crippen LogP contribution in [0.1, 0.15) is 98.3 Å². The van der Waals surface area contributed by atoms with E-state index in [1.807, 2.05) is 0 Å². The molecule has 1 unspecified atom stereocenters. The van der Waals surface area contributed by atoms with E-state index in [4.69, 9.17) is 0 Å². The molecule has 0 heterocycles. The maximum absolute atomic E-state index is 9.28. The average Bonchev–Trinajstić information content (AvgIpc) is 2.47. The van der Waals surface area contributed by atoms with Gasteiger partial charge in [-0.05, 0) is 0 Å². The number of carboxylic acids is 2. The Balaban J connectivity index is -0.000000127. The van der Waals surface area contributed by atoms with Crippen molar-refractivity contribution < 1.29 is 97.8 Å². The second kappa shape index (κ2) is 28.7. The third kappa shape index (κ3) is 30.3. The van der Waals surface area contributed by atoms with Gasteiger partial charge in [0.2, 0.25) is 0 Å². The van der Waals surface area contributed by atoms with Gasteiger partial charge >= 0.3 is 78.0 Å². The van der Waals surface area contributed by atoms with E-state index in [1.54, 1.807) is 5.92 Å². The largest absolute Gasteiger partial charge is 1.00 e. The Morgan fingerprint density at radius 3 is 1.65 bits per heavy atom. The number of unbranched alkanes of at least 4 members (excludes halogenated alkanes) is 5. The third-order valence-electron chi connectivity index (χ3n) is 4.06. The van der Waals surface area contributed by atoms with Crippen molar-refractivity contribution in [2.75, 3.05) is 0 Å². The molecule has 0 bridgehead atoms. The molecular weight excluding hydrogens is 345 g/mol. The molecule has 7 heteroatoms. The minimum Gasteiger partial charge on any atom is -0.550 e. The van der Waals surface area contributed by atoms with Gasteiger partial charge in [-0.25, -0.2) is 0 Å². The normalized spacial score (nSPS) is 10.3. The van der Waals surface area contributed by atoms with Crippen molar-refractivity contribution in [3.63, 3.8) is 0 Å². The molecule has 0 amide bonds. The van der Waals surface area contributed by atoms with Crippen LogP contribution in [0.4, 0.5) is 0 Å². The van der Waals surface area contributed by atoms with Crippen molar-refractivity contribution in [3.8, 4) is 0 Å². The van der Waals surface area contributed by atoms with Crippen LogP contribution in [0.5, 0.6) is 0 Å². The quantitative estimate of drug-likeness (QED) is 0.138. The van der Waals surface area contributed by atoms with Crippen molar-refractivity contribution >= 4 is 11.9 Å². The summed E-state index contributed by atoms with van der Waals surface area (Å²) in [5.41, 5.74) is 0. The first-order chi connectivity index (χ1) is 10.9. The summed E-state index contributed by atoms with van der Waals surface area (Å²) in [6.07, 6.45) is 13.0. The molecule has 0 aromatic carbocycles. The maximum atomic E-state index is 9.28. The predicted octanol–water partition coefficient (Wildman–Crippen LogP) is -5.95. The molecule has 0 rings (SSSR count). The molecule has 26 heavy (non-hydrogen) atoms. The number of carbonyl (C=O) groups is 2. The first-order valence-corrected chi connectivity index (χ1v) is 9.10. The predicted molar refractivity (Wildman–Crippen MR) is 90.2 cm³/mol. The molecule has 0 fully saturated rings. The van der Waals surface area contributed by atoms with E-state index in [-0.39, 0.29) is 78.0 Å². The Hall–Kier alpha value is 1.54. The zero-order valence-electron chi connectivity index (χ0n) is 18.5. The van der Waals surface area contributed by atoms with Crippen LogP contribution in [0, 0.1) is 11.8 Å². The van der Waals surface area contributed by atoms with E-state index in [0.717, 1.165) is 5.92 Å². The zero-order valence-corrected chi connectivity index (χ0v) is 22.5. The van der Waals surface area contributed by atoms with Crippen LogP contribution in [0.2, 0.25) is 0 Å². The Labute approximate surface area is 217 Å². The van der Waals surface area contributed by atoms with E-state index >= 15 is 0 Å². The smallest absolute Gasteiger partial charge is 0.550 e. The molecule has 0 radical (unpaired) electrons. The minimum absolute atomic E-state index is 0. The van der Waals surface area contributed by atoms with Crippen LogP contribution >= 0.6 is 0 Å². The molecule has 1 atom stereocenters. The van der Waals surface area contributed by atoms with E-state index < -0.39 is 18.4 Å². The summed E-state index contributed by atoms with van der Waals surface area (Å²) >= 11 is 0. The number of carboxylic acid groups (broad SMARTS) is 2. The van der Waals surface area contributed by atoms with E-state index in [2.05, 4.69) is 27.7 Å². The molecule has 0 aromatic rings. The number of hydrogen-bond acceptors (Lipinski definition) is 4. The van der Waals surface area contributed by atoms with Crippen LogP contribution in [-0.2, 0) is 9.59 Å². The average molecular weight is 380 g/mol. The van der Waals surface area contributed by atoms with Crippen LogP contribution in [0.3, 0.4) is 0 Å². The van der Waals surface area contributed by atoms with Crippen molar-refractivity contribution in [2.45, 2.75) is 98.3 Å². The van der Waals surface area contributed by atoms with Crippen LogP contribution in [-0.4, -0.2) is 11.9 Å². The maximum Gasteiger partial charge on any atom is 1.00 e. The second-order valence-electron chi connectivity index (χ2n) is 6.18. The van der Waals surface area contributed by atoms with Crippen LogP contribution in [0.25, 0.3) is 0 Å². The van der Waals surface area contributed by atoms with Gasteiger partial charge in [0, 0.05) is 18.4 Å². The molecule has 0 aliphatic heterocycles. The Morgan fingerprint density at radius 2 is 1.31 bits per heavy atom. The topological polar surface area (TPSA) is 80.3 Å². The fraction of sp³-hybridized carbons (Fsp3) is 0.842. The monoisotopic (exact) mass is 380 g/mol. The van der Waals surface area contributed by atoms with Crippen LogP contribution in [0.15, 0.2) is 0 Å². The van der Waals surface area contributed by atoms with Gasteiger partial charge in [-0.1, -0.05) is 78.6 Å². The number of hydrogen-bond donors (Lipinski definition) is 0. The van der Waals surface area contributed by atoms with Gasteiger partial charge in [-0.3, -0.25) is 0 Å². The van der Waals surface area contributed by atoms with Gasteiger partial charge in [-0.2, -0.15) is 19.3 Å². The van der Waals surface area contributed by atoms with Gasteiger partial charge in [0.25, 0.3) is 0 Å². The number of carbonyl (C=O) groups excluding carboxylic acids is 2. The second-order valence-corrected chi connectivity index (χ2v) is 6.18. The van der Waals surface area contributed by atoms with Gasteiger partial charge in [-0.15, -0.1) is 0 Å². The summed E-state index contributed by atoms with van der Waals surface area (Å²) in [5.74, 6) is -0.567. The fourth-order valence-electron chi connectivity index (χ4n) is 2.59. The first-order valence-electron chi connectivity index (χ1n) is 9.10. The Kier molecular flexibility index (Phi) is 42.2. The molecule has 138 valence electrons. The molecule has 0 aliphatic carbocycles.